The first kappa shape index (κ1) is 14.4. The number of carbonyl (C=O) groups excluding carboxylic acids is 1. The SMILES string of the molecule is CCC1COCCN1C(=O)COc1ccc(C#N)cc1. The van der Waals surface area contributed by atoms with E-state index in [2.05, 4.69) is 0 Å². The van der Waals surface area contributed by atoms with E-state index in [1.54, 1.807) is 24.3 Å². The van der Waals surface area contributed by atoms with Crippen molar-refractivity contribution in [1.82, 2.24) is 4.90 Å². The molecule has 0 N–H and O–H groups in total. The summed E-state index contributed by atoms with van der Waals surface area (Å²) in [7, 11) is 0. The molecule has 1 unspecified atom stereocenters. The van der Waals surface area contributed by atoms with E-state index in [0.29, 0.717) is 31.1 Å². The molecule has 1 aromatic carbocycles. The summed E-state index contributed by atoms with van der Waals surface area (Å²) in [5.74, 6) is 0.572. The van der Waals surface area contributed by atoms with Crippen LogP contribution in [0.2, 0.25) is 0 Å². The van der Waals surface area contributed by atoms with Crippen LogP contribution in [0.4, 0.5) is 0 Å². The van der Waals surface area contributed by atoms with Gasteiger partial charge in [0.15, 0.2) is 6.61 Å². The maximum Gasteiger partial charge on any atom is 0.260 e. The van der Waals surface area contributed by atoms with Gasteiger partial charge in [0.25, 0.3) is 5.91 Å². The molecule has 1 atom stereocenters. The van der Waals surface area contributed by atoms with Crippen molar-refractivity contribution in [3.63, 3.8) is 0 Å². The van der Waals surface area contributed by atoms with Crippen LogP contribution in [0.5, 0.6) is 5.75 Å². The molecule has 0 radical (unpaired) electrons. The Morgan fingerprint density at radius 1 is 1.50 bits per heavy atom. The van der Waals surface area contributed by atoms with Gasteiger partial charge >= 0.3 is 0 Å². The van der Waals surface area contributed by atoms with Gasteiger partial charge in [0.2, 0.25) is 0 Å². The molecule has 1 aromatic rings. The first-order valence-electron chi connectivity index (χ1n) is 6.74. The second-order valence-corrected chi connectivity index (χ2v) is 4.65. The molecule has 0 aliphatic carbocycles. The molecule has 0 saturated carbocycles. The molecule has 0 spiro atoms. The van der Waals surface area contributed by atoms with Crippen LogP contribution in [0.3, 0.4) is 0 Å². The van der Waals surface area contributed by atoms with Crippen molar-refractivity contribution in [2.45, 2.75) is 19.4 Å². The molecule has 2 rings (SSSR count). The summed E-state index contributed by atoms with van der Waals surface area (Å²) >= 11 is 0. The number of hydrogen-bond acceptors (Lipinski definition) is 4. The Labute approximate surface area is 118 Å². The summed E-state index contributed by atoms with van der Waals surface area (Å²) < 4.78 is 10.8. The minimum atomic E-state index is -0.0236. The summed E-state index contributed by atoms with van der Waals surface area (Å²) in [5, 5.41) is 8.71. The summed E-state index contributed by atoms with van der Waals surface area (Å²) in [6.45, 7) is 3.86. The van der Waals surface area contributed by atoms with Crippen molar-refractivity contribution in [1.29, 1.82) is 5.26 Å². The smallest absolute Gasteiger partial charge is 0.260 e. The highest BCUT2D eigenvalue weighted by molar-refractivity contribution is 5.78. The van der Waals surface area contributed by atoms with Gasteiger partial charge in [-0.05, 0) is 30.7 Å². The number of hydrogen-bond donors (Lipinski definition) is 0. The number of amides is 1. The van der Waals surface area contributed by atoms with Gasteiger partial charge in [-0.15, -0.1) is 0 Å². The third-order valence-electron chi connectivity index (χ3n) is 3.36. The van der Waals surface area contributed by atoms with Crippen molar-refractivity contribution in [2.75, 3.05) is 26.4 Å². The molecular weight excluding hydrogens is 256 g/mol. The van der Waals surface area contributed by atoms with Crippen LogP contribution in [0, 0.1) is 11.3 Å². The lowest BCUT2D eigenvalue weighted by atomic mass is 10.2. The fourth-order valence-electron chi connectivity index (χ4n) is 2.18. The second kappa shape index (κ2) is 6.92. The Morgan fingerprint density at radius 2 is 2.25 bits per heavy atom. The number of morpholine rings is 1. The van der Waals surface area contributed by atoms with E-state index >= 15 is 0 Å². The van der Waals surface area contributed by atoms with Crippen molar-refractivity contribution in [3.8, 4) is 11.8 Å². The van der Waals surface area contributed by atoms with Crippen LogP contribution in [0.1, 0.15) is 18.9 Å². The van der Waals surface area contributed by atoms with E-state index in [0.717, 1.165) is 6.42 Å². The standard InChI is InChI=1S/C15H18N2O3/c1-2-13-10-19-8-7-17(13)15(18)11-20-14-5-3-12(9-16)4-6-14/h3-6,13H,2,7-8,10-11H2,1H3. The van der Waals surface area contributed by atoms with Crippen molar-refractivity contribution in [2.24, 2.45) is 0 Å². The zero-order valence-electron chi connectivity index (χ0n) is 11.5. The van der Waals surface area contributed by atoms with Crippen molar-refractivity contribution < 1.29 is 14.3 Å². The third-order valence-corrected chi connectivity index (χ3v) is 3.36. The van der Waals surface area contributed by atoms with Crippen LogP contribution in [-0.4, -0.2) is 43.2 Å². The van der Waals surface area contributed by atoms with E-state index < -0.39 is 0 Å². The number of nitriles is 1. The molecule has 0 bridgehead atoms. The van der Waals surface area contributed by atoms with E-state index in [9.17, 15) is 4.79 Å². The fourth-order valence-corrected chi connectivity index (χ4v) is 2.18. The lowest BCUT2D eigenvalue weighted by Gasteiger charge is -2.35. The Morgan fingerprint density at radius 3 is 2.90 bits per heavy atom. The summed E-state index contributed by atoms with van der Waals surface area (Å²) in [5.41, 5.74) is 0.572. The summed E-state index contributed by atoms with van der Waals surface area (Å²) in [4.78, 5) is 14.0. The molecular formula is C15H18N2O3. The van der Waals surface area contributed by atoms with Gasteiger partial charge in [0.05, 0.1) is 30.9 Å². The Balaban J connectivity index is 1.89. The number of benzene rings is 1. The molecule has 0 aromatic heterocycles. The van der Waals surface area contributed by atoms with Gasteiger partial charge in [0.1, 0.15) is 5.75 Å². The Kier molecular flexibility index (Phi) is 4.97. The lowest BCUT2D eigenvalue weighted by molar-refractivity contribution is -0.142. The van der Waals surface area contributed by atoms with E-state index in [1.807, 2.05) is 17.9 Å². The van der Waals surface area contributed by atoms with Crippen molar-refractivity contribution >= 4 is 5.91 Å². The van der Waals surface area contributed by atoms with Crippen LogP contribution in [0.15, 0.2) is 24.3 Å². The summed E-state index contributed by atoms with van der Waals surface area (Å²) in [6.07, 6.45) is 0.878. The van der Waals surface area contributed by atoms with Gasteiger partial charge in [-0.3, -0.25) is 4.79 Å². The summed E-state index contributed by atoms with van der Waals surface area (Å²) in [6, 6.07) is 8.91. The molecule has 1 saturated heterocycles. The number of ether oxygens (including phenoxy) is 2. The molecule has 1 amide bonds. The maximum atomic E-state index is 12.2. The molecule has 5 nitrogen and oxygen atoms in total. The molecule has 1 aliphatic heterocycles. The molecule has 20 heavy (non-hydrogen) atoms. The number of nitrogens with zero attached hydrogens (tertiary/aromatic N) is 2. The predicted molar refractivity (Wildman–Crippen MR) is 73.3 cm³/mol. The highest BCUT2D eigenvalue weighted by Gasteiger charge is 2.25. The first-order valence-corrected chi connectivity index (χ1v) is 6.74. The minimum absolute atomic E-state index is 0.0163. The molecule has 1 heterocycles. The molecule has 5 heteroatoms. The van der Waals surface area contributed by atoms with E-state index in [-0.39, 0.29) is 18.6 Å². The number of rotatable bonds is 4. The van der Waals surface area contributed by atoms with Crippen LogP contribution in [-0.2, 0) is 9.53 Å². The highest BCUT2D eigenvalue weighted by Crippen LogP contribution is 2.14. The quantitative estimate of drug-likeness (QED) is 0.836. The third kappa shape index (κ3) is 3.49. The predicted octanol–water partition coefficient (Wildman–Crippen LogP) is 1.57. The first-order chi connectivity index (χ1) is 9.74. The fraction of sp³-hybridized carbons (Fsp3) is 0.467. The lowest BCUT2D eigenvalue weighted by Crippen LogP contribution is -2.49. The normalized spacial score (nSPS) is 18.4. The highest BCUT2D eigenvalue weighted by atomic mass is 16.5. The average molecular weight is 274 g/mol. The largest absolute Gasteiger partial charge is 0.484 e. The molecule has 1 fully saturated rings. The zero-order valence-corrected chi connectivity index (χ0v) is 11.5. The minimum Gasteiger partial charge on any atom is -0.484 e. The van der Waals surface area contributed by atoms with Crippen LogP contribution in [0.25, 0.3) is 0 Å². The average Bonchev–Trinajstić information content (AvgIpc) is 2.53. The van der Waals surface area contributed by atoms with E-state index in [1.165, 1.54) is 0 Å². The van der Waals surface area contributed by atoms with E-state index in [4.69, 9.17) is 14.7 Å². The van der Waals surface area contributed by atoms with Gasteiger partial charge < -0.3 is 14.4 Å². The zero-order chi connectivity index (χ0) is 14.4. The number of carbonyl (C=O) groups is 1. The van der Waals surface area contributed by atoms with Crippen molar-refractivity contribution in [3.05, 3.63) is 29.8 Å². The van der Waals surface area contributed by atoms with Crippen LogP contribution >= 0.6 is 0 Å². The maximum absolute atomic E-state index is 12.2. The Hall–Kier alpha value is -2.06. The monoisotopic (exact) mass is 274 g/mol. The van der Waals surface area contributed by atoms with Crippen LogP contribution < -0.4 is 4.74 Å². The second-order valence-electron chi connectivity index (χ2n) is 4.65. The molecule has 106 valence electrons. The topological polar surface area (TPSA) is 62.6 Å². The Bertz CT molecular complexity index is 493. The van der Waals surface area contributed by atoms with Gasteiger partial charge in [-0.2, -0.15) is 5.26 Å². The van der Waals surface area contributed by atoms with Gasteiger partial charge in [0, 0.05) is 6.54 Å². The molecule has 1 aliphatic rings. The van der Waals surface area contributed by atoms with Gasteiger partial charge in [-0.25, -0.2) is 0 Å². The van der Waals surface area contributed by atoms with Gasteiger partial charge in [-0.1, -0.05) is 6.92 Å².